The molecule has 0 aliphatic heterocycles. The highest BCUT2D eigenvalue weighted by Gasteiger charge is 1.99. The first-order valence-corrected chi connectivity index (χ1v) is 6.06. The number of aliphatic hydroxyl groups excluding tert-OH is 1. The zero-order valence-corrected chi connectivity index (χ0v) is 10.7. The van der Waals surface area contributed by atoms with Crippen LogP contribution in [0.5, 0.6) is 0 Å². The van der Waals surface area contributed by atoms with Crippen LogP contribution in [-0.4, -0.2) is 17.8 Å². The molecular formula is C13H14BrNO. The van der Waals surface area contributed by atoms with Gasteiger partial charge in [-0.05, 0) is 42.0 Å². The Hall–Kier alpha value is -1.06. The fourth-order valence-corrected chi connectivity index (χ4v) is 1.97. The highest BCUT2D eigenvalue weighted by molar-refractivity contribution is 9.10. The van der Waals surface area contributed by atoms with Crippen molar-refractivity contribution in [3.8, 4) is 0 Å². The molecule has 1 atom stereocenters. The van der Waals surface area contributed by atoms with E-state index in [4.69, 9.17) is 0 Å². The summed E-state index contributed by atoms with van der Waals surface area (Å²) in [6.07, 6.45) is -0.333. The molecule has 0 fully saturated rings. The van der Waals surface area contributed by atoms with Gasteiger partial charge in [-0.2, -0.15) is 0 Å². The second-order valence-corrected chi connectivity index (χ2v) is 4.85. The molecule has 0 aliphatic rings. The Bertz CT molecular complexity index is 496. The van der Waals surface area contributed by atoms with Gasteiger partial charge < -0.3 is 10.4 Å². The molecule has 0 saturated carbocycles. The molecule has 0 radical (unpaired) electrons. The fraction of sp³-hybridized carbons (Fsp3) is 0.231. The van der Waals surface area contributed by atoms with Gasteiger partial charge in [0.05, 0.1) is 6.10 Å². The molecule has 0 aliphatic carbocycles. The Morgan fingerprint density at radius 1 is 1.19 bits per heavy atom. The van der Waals surface area contributed by atoms with Crippen molar-refractivity contribution in [3.63, 3.8) is 0 Å². The van der Waals surface area contributed by atoms with Crippen LogP contribution in [0, 0.1) is 0 Å². The van der Waals surface area contributed by atoms with Gasteiger partial charge in [-0.15, -0.1) is 0 Å². The lowest BCUT2D eigenvalue weighted by Crippen LogP contribution is -2.15. The third kappa shape index (κ3) is 2.74. The average molecular weight is 280 g/mol. The summed E-state index contributed by atoms with van der Waals surface area (Å²) in [5.41, 5.74) is 1.04. The first kappa shape index (κ1) is 11.4. The molecule has 3 heteroatoms. The maximum absolute atomic E-state index is 9.19. The summed E-state index contributed by atoms with van der Waals surface area (Å²) in [4.78, 5) is 0. The van der Waals surface area contributed by atoms with Crippen molar-refractivity contribution < 1.29 is 5.11 Å². The third-order valence-corrected chi connectivity index (χ3v) is 2.90. The van der Waals surface area contributed by atoms with Crippen LogP contribution in [0.15, 0.2) is 40.9 Å². The highest BCUT2D eigenvalue weighted by atomic mass is 79.9. The molecule has 0 heterocycles. The van der Waals surface area contributed by atoms with Gasteiger partial charge in [0.15, 0.2) is 0 Å². The SMILES string of the molecule is C[C@H](O)CNc1ccc2cc(Br)ccc2c1. The number of rotatable bonds is 3. The second-order valence-electron chi connectivity index (χ2n) is 3.94. The van der Waals surface area contributed by atoms with Crippen LogP contribution in [0.2, 0.25) is 0 Å². The monoisotopic (exact) mass is 279 g/mol. The topological polar surface area (TPSA) is 32.3 Å². The number of hydrogen-bond donors (Lipinski definition) is 2. The van der Waals surface area contributed by atoms with E-state index in [1.165, 1.54) is 10.8 Å². The van der Waals surface area contributed by atoms with Crippen LogP contribution in [0.4, 0.5) is 5.69 Å². The van der Waals surface area contributed by atoms with E-state index in [-0.39, 0.29) is 6.10 Å². The summed E-state index contributed by atoms with van der Waals surface area (Å²) in [7, 11) is 0. The lowest BCUT2D eigenvalue weighted by molar-refractivity contribution is 0.208. The predicted molar refractivity (Wildman–Crippen MR) is 71.8 cm³/mol. The molecule has 0 bridgehead atoms. The number of fused-ring (bicyclic) bond motifs is 1. The molecule has 2 aromatic rings. The molecule has 2 N–H and O–H groups in total. The standard InChI is InChI=1S/C13H14BrNO/c1-9(16)8-15-13-5-3-10-6-12(14)4-2-11(10)7-13/h2-7,9,15-16H,8H2,1H3/t9-/m0/s1. The van der Waals surface area contributed by atoms with Crippen molar-refractivity contribution in [1.29, 1.82) is 0 Å². The molecule has 0 aromatic heterocycles. The van der Waals surface area contributed by atoms with Crippen LogP contribution in [0.3, 0.4) is 0 Å². The summed E-state index contributed by atoms with van der Waals surface area (Å²) in [5, 5.41) is 14.8. The van der Waals surface area contributed by atoms with Gasteiger partial charge in [-0.3, -0.25) is 0 Å². The van der Waals surface area contributed by atoms with E-state index in [0.29, 0.717) is 6.54 Å². The minimum atomic E-state index is -0.333. The van der Waals surface area contributed by atoms with E-state index in [1.54, 1.807) is 6.92 Å². The van der Waals surface area contributed by atoms with Crippen molar-refractivity contribution in [2.24, 2.45) is 0 Å². The maximum Gasteiger partial charge on any atom is 0.0684 e. The Kier molecular flexibility index (Phi) is 3.46. The molecule has 0 saturated heterocycles. The zero-order chi connectivity index (χ0) is 11.5. The average Bonchev–Trinajstić information content (AvgIpc) is 2.26. The Morgan fingerprint density at radius 3 is 2.62 bits per heavy atom. The molecule has 0 amide bonds. The molecule has 0 unspecified atom stereocenters. The molecule has 2 aromatic carbocycles. The normalized spacial score (nSPS) is 12.7. The second kappa shape index (κ2) is 4.85. The summed E-state index contributed by atoms with van der Waals surface area (Å²) in [6.45, 7) is 2.34. The number of halogens is 1. The van der Waals surface area contributed by atoms with Crippen LogP contribution in [0.25, 0.3) is 10.8 Å². The Labute approximate surface area is 103 Å². The van der Waals surface area contributed by atoms with Crippen LogP contribution < -0.4 is 5.32 Å². The Balaban J connectivity index is 2.26. The Morgan fingerprint density at radius 2 is 1.88 bits per heavy atom. The maximum atomic E-state index is 9.19. The van der Waals surface area contributed by atoms with Crippen LogP contribution >= 0.6 is 15.9 Å². The van der Waals surface area contributed by atoms with Crippen LogP contribution in [0.1, 0.15) is 6.92 Å². The van der Waals surface area contributed by atoms with E-state index in [1.807, 2.05) is 12.1 Å². The van der Waals surface area contributed by atoms with Crippen molar-refractivity contribution in [2.45, 2.75) is 13.0 Å². The van der Waals surface area contributed by atoms with Gasteiger partial charge in [0.1, 0.15) is 0 Å². The predicted octanol–water partition coefficient (Wildman–Crippen LogP) is 3.40. The van der Waals surface area contributed by atoms with Crippen LogP contribution in [-0.2, 0) is 0 Å². The molecule has 2 nitrogen and oxygen atoms in total. The summed E-state index contributed by atoms with van der Waals surface area (Å²) in [5.74, 6) is 0. The minimum Gasteiger partial charge on any atom is -0.392 e. The van der Waals surface area contributed by atoms with Crippen molar-refractivity contribution in [1.82, 2.24) is 0 Å². The molecule has 0 spiro atoms. The van der Waals surface area contributed by atoms with Gasteiger partial charge >= 0.3 is 0 Å². The van der Waals surface area contributed by atoms with E-state index in [0.717, 1.165) is 10.2 Å². The number of hydrogen-bond acceptors (Lipinski definition) is 2. The minimum absolute atomic E-state index is 0.333. The molecule has 2 rings (SSSR count). The first-order valence-electron chi connectivity index (χ1n) is 5.26. The van der Waals surface area contributed by atoms with E-state index in [9.17, 15) is 5.11 Å². The van der Waals surface area contributed by atoms with Gasteiger partial charge in [-0.1, -0.05) is 28.1 Å². The lowest BCUT2D eigenvalue weighted by atomic mass is 10.1. The fourth-order valence-electron chi connectivity index (χ4n) is 1.59. The van der Waals surface area contributed by atoms with E-state index in [2.05, 4.69) is 45.5 Å². The quantitative estimate of drug-likeness (QED) is 0.903. The molecular weight excluding hydrogens is 266 g/mol. The lowest BCUT2D eigenvalue weighted by Gasteiger charge is -2.09. The van der Waals surface area contributed by atoms with Gasteiger partial charge in [0.2, 0.25) is 0 Å². The van der Waals surface area contributed by atoms with Gasteiger partial charge in [0.25, 0.3) is 0 Å². The third-order valence-electron chi connectivity index (χ3n) is 2.40. The molecule has 16 heavy (non-hydrogen) atoms. The molecule has 84 valence electrons. The number of benzene rings is 2. The summed E-state index contributed by atoms with van der Waals surface area (Å²) >= 11 is 3.45. The van der Waals surface area contributed by atoms with E-state index < -0.39 is 0 Å². The van der Waals surface area contributed by atoms with Crippen molar-refractivity contribution in [3.05, 3.63) is 40.9 Å². The van der Waals surface area contributed by atoms with Gasteiger partial charge in [0, 0.05) is 16.7 Å². The summed E-state index contributed by atoms with van der Waals surface area (Å²) < 4.78 is 1.09. The first-order chi connectivity index (χ1) is 7.65. The highest BCUT2D eigenvalue weighted by Crippen LogP contribution is 2.22. The number of anilines is 1. The summed E-state index contributed by atoms with van der Waals surface area (Å²) in [6, 6.07) is 12.4. The van der Waals surface area contributed by atoms with Crippen molar-refractivity contribution >= 4 is 32.4 Å². The number of aliphatic hydroxyl groups is 1. The largest absolute Gasteiger partial charge is 0.392 e. The zero-order valence-electron chi connectivity index (χ0n) is 9.07. The number of nitrogens with one attached hydrogen (secondary N) is 1. The van der Waals surface area contributed by atoms with E-state index >= 15 is 0 Å². The van der Waals surface area contributed by atoms with Crippen molar-refractivity contribution in [2.75, 3.05) is 11.9 Å². The smallest absolute Gasteiger partial charge is 0.0684 e. The van der Waals surface area contributed by atoms with Gasteiger partial charge in [-0.25, -0.2) is 0 Å².